The van der Waals surface area contributed by atoms with Crippen molar-refractivity contribution in [2.75, 3.05) is 0 Å². The number of halogens is 1. The van der Waals surface area contributed by atoms with Gasteiger partial charge >= 0.3 is 0 Å². The molecular weight excluding hydrogens is 428 g/mol. The molecule has 0 aliphatic carbocycles. The zero-order valence-electron chi connectivity index (χ0n) is 15.1. The summed E-state index contributed by atoms with van der Waals surface area (Å²) in [5.41, 5.74) is 14.4. The molecule has 142 valence electrons. The molecule has 1 heterocycles. The van der Waals surface area contributed by atoms with E-state index in [0.29, 0.717) is 15.8 Å². The van der Waals surface area contributed by atoms with E-state index >= 15 is 0 Å². The molecule has 1 aromatic heterocycles. The summed E-state index contributed by atoms with van der Waals surface area (Å²) in [6, 6.07) is 11.5. The van der Waals surface area contributed by atoms with E-state index < -0.39 is 10.8 Å². The normalized spacial score (nSPS) is 12.3. The zero-order valence-corrected chi connectivity index (χ0v) is 17.5. The highest BCUT2D eigenvalue weighted by Crippen LogP contribution is 2.37. The highest BCUT2D eigenvalue weighted by molar-refractivity contribution is 9.10. The van der Waals surface area contributed by atoms with Gasteiger partial charge in [-0.05, 0) is 47.1 Å². The molecule has 2 aromatic carbocycles. The smallest absolute Gasteiger partial charge is 0.186 e. The average Bonchev–Trinajstić information content (AvgIpc) is 2.91. The fourth-order valence-electron chi connectivity index (χ4n) is 2.93. The first-order valence-corrected chi connectivity index (χ1v) is 10.4. The van der Waals surface area contributed by atoms with Crippen LogP contribution in [0.1, 0.15) is 16.8 Å². The predicted octanol–water partition coefficient (Wildman–Crippen LogP) is 3.04. The minimum absolute atomic E-state index is 0.0424. The average molecular weight is 449 g/mol. The number of nitrogens with zero attached hydrogens (tertiary/aromatic N) is 2. The molecule has 0 bridgehead atoms. The van der Waals surface area contributed by atoms with E-state index in [1.807, 2.05) is 54.9 Å². The highest BCUT2D eigenvalue weighted by Gasteiger charge is 2.17. The van der Waals surface area contributed by atoms with E-state index in [0.717, 1.165) is 27.1 Å². The number of rotatable bonds is 5. The molecule has 0 spiro atoms. The topological polar surface area (TPSA) is 107 Å². The van der Waals surface area contributed by atoms with Crippen molar-refractivity contribution >= 4 is 43.6 Å². The molecule has 1 unspecified atom stereocenters. The van der Waals surface area contributed by atoms with E-state index in [2.05, 4.69) is 20.9 Å². The van der Waals surface area contributed by atoms with Gasteiger partial charge in [0.1, 0.15) is 5.75 Å². The summed E-state index contributed by atoms with van der Waals surface area (Å²) in [7, 11) is 0.744. The minimum Gasteiger partial charge on any atom is -0.506 e. The Hall–Kier alpha value is -2.32. The molecule has 0 fully saturated rings. The second kappa shape index (κ2) is 7.74. The molecule has 3 rings (SSSR count). The number of guanidine groups is 1. The second-order valence-electron chi connectivity index (χ2n) is 6.36. The van der Waals surface area contributed by atoms with Crippen molar-refractivity contribution in [1.29, 1.82) is 0 Å². The summed E-state index contributed by atoms with van der Waals surface area (Å²) >= 11 is 3.38. The number of benzene rings is 2. The zero-order chi connectivity index (χ0) is 19.7. The number of hydrogen-bond donors (Lipinski definition) is 3. The lowest BCUT2D eigenvalue weighted by Crippen LogP contribution is -2.22. The van der Waals surface area contributed by atoms with Crippen LogP contribution >= 0.6 is 15.9 Å². The summed E-state index contributed by atoms with van der Waals surface area (Å²) in [5.74, 6) is 0.428. The van der Waals surface area contributed by atoms with Gasteiger partial charge in [-0.1, -0.05) is 17.7 Å². The quantitative estimate of drug-likeness (QED) is 0.411. The SMILES string of the molecule is Cc1ccc(S(=O)Cc2cc3c(CN=C(N)N)c(O)c(Br)cc3n2C)cc1. The van der Waals surface area contributed by atoms with Crippen molar-refractivity contribution < 1.29 is 9.32 Å². The number of aromatic hydroxyl groups is 1. The van der Waals surface area contributed by atoms with Crippen LogP contribution in [0.25, 0.3) is 10.9 Å². The summed E-state index contributed by atoms with van der Waals surface area (Å²) in [6.07, 6.45) is 0. The number of nitrogens with two attached hydrogens (primary N) is 2. The van der Waals surface area contributed by atoms with Crippen LogP contribution in [-0.4, -0.2) is 19.8 Å². The summed E-state index contributed by atoms with van der Waals surface area (Å²) in [4.78, 5) is 4.81. The Morgan fingerprint density at radius 1 is 1.26 bits per heavy atom. The van der Waals surface area contributed by atoms with Gasteiger partial charge < -0.3 is 21.1 Å². The third kappa shape index (κ3) is 4.01. The van der Waals surface area contributed by atoms with Crippen LogP contribution in [0, 0.1) is 6.92 Å². The lowest BCUT2D eigenvalue weighted by Gasteiger charge is -2.08. The van der Waals surface area contributed by atoms with Crippen LogP contribution in [-0.2, 0) is 30.1 Å². The fraction of sp³-hybridized carbons (Fsp3) is 0.211. The van der Waals surface area contributed by atoms with Crippen molar-refractivity contribution in [2.45, 2.75) is 24.1 Å². The highest BCUT2D eigenvalue weighted by atomic mass is 79.9. The predicted molar refractivity (Wildman–Crippen MR) is 113 cm³/mol. The van der Waals surface area contributed by atoms with Gasteiger partial charge in [-0.3, -0.25) is 4.21 Å². The Morgan fingerprint density at radius 2 is 1.93 bits per heavy atom. The van der Waals surface area contributed by atoms with Crippen LogP contribution in [0.2, 0.25) is 0 Å². The maximum atomic E-state index is 12.8. The van der Waals surface area contributed by atoms with Gasteiger partial charge in [-0.2, -0.15) is 0 Å². The molecule has 6 nitrogen and oxygen atoms in total. The lowest BCUT2D eigenvalue weighted by molar-refractivity contribution is 0.466. The third-order valence-electron chi connectivity index (χ3n) is 4.46. The van der Waals surface area contributed by atoms with Crippen LogP contribution < -0.4 is 11.5 Å². The molecule has 0 radical (unpaired) electrons. The first kappa shape index (κ1) is 19.4. The number of phenols is 1. The number of fused-ring (bicyclic) bond motifs is 1. The lowest BCUT2D eigenvalue weighted by atomic mass is 10.1. The van der Waals surface area contributed by atoms with Crippen molar-refractivity contribution in [1.82, 2.24) is 4.57 Å². The molecule has 3 aromatic rings. The maximum absolute atomic E-state index is 12.8. The molecule has 0 saturated heterocycles. The number of hydrogen-bond acceptors (Lipinski definition) is 3. The molecule has 0 saturated carbocycles. The second-order valence-corrected chi connectivity index (χ2v) is 8.66. The van der Waals surface area contributed by atoms with Gasteiger partial charge in [0, 0.05) is 34.1 Å². The van der Waals surface area contributed by atoms with Gasteiger partial charge in [-0.25, -0.2) is 4.99 Å². The summed E-state index contributed by atoms with van der Waals surface area (Å²) < 4.78 is 15.3. The van der Waals surface area contributed by atoms with Crippen molar-refractivity contribution in [3.05, 3.63) is 57.7 Å². The van der Waals surface area contributed by atoms with Gasteiger partial charge in [0.15, 0.2) is 5.96 Å². The molecule has 5 N–H and O–H groups in total. The Kier molecular flexibility index (Phi) is 5.57. The molecule has 1 atom stereocenters. The standard InChI is InChI=1S/C19H21BrN4O2S/c1-11-3-5-13(6-4-11)27(26)10-12-7-14-15(9-23-19(21)22)18(25)16(20)8-17(14)24(12)2/h3-8,25H,9-10H2,1-2H3,(H4,21,22,23). The third-order valence-corrected chi connectivity index (χ3v) is 6.42. The van der Waals surface area contributed by atoms with E-state index in [9.17, 15) is 9.32 Å². The number of phenolic OH excluding ortho intramolecular Hbond substituents is 1. The molecule has 8 heteroatoms. The van der Waals surface area contributed by atoms with E-state index in [4.69, 9.17) is 11.5 Å². The Labute approximate surface area is 168 Å². The van der Waals surface area contributed by atoms with Gasteiger partial charge in [0.25, 0.3) is 0 Å². The van der Waals surface area contributed by atoms with Crippen molar-refractivity contribution in [3.63, 3.8) is 0 Å². The van der Waals surface area contributed by atoms with Gasteiger partial charge in [-0.15, -0.1) is 0 Å². The minimum atomic E-state index is -1.17. The Morgan fingerprint density at radius 3 is 2.56 bits per heavy atom. The molecular formula is C19H21BrN4O2S. The Balaban J connectivity index is 2.03. The fourth-order valence-corrected chi connectivity index (χ4v) is 4.53. The molecule has 0 aliphatic heterocycles. The Bertz CT molecular complexity index is 1050. The van der Waals surface area contributed by atoms with E-state index in [-0.39, 0.29) is 18.3 Å². The van der Waals surface area contributed by atoms with Crippen LogP contribution in [0.5, 0.6) is 5.75 Å². The summed E-state index contributed by atoms with van der Waals surface area (Å²) in [6.45, 7) is 2.16. The number of aryl methyl sites for hydroxylation is 2. The first-order chi connectivity index (χ1) is 12.8. The largest absolute Gasteiger partial charge is 0.506 e. The maximum Gasteiger partial charge on any atom is 0.186 e. The molecule has 0 amide bonds. The van der Waals surface area contributed by atoms with E-state index in [1.165, 1.54) is 0 Å². The molecule has 27 heavy (non-hydrogen) atoms. The van der Waals surface area contributed by atoms with Gasteiger partial charge in [0.2, 0.25) is 0 Å². The van der Waals surface area contributed by atoms with Gasteiger partial charge in [0.05, 0.1) is 27.6 Å². The van der Waals surface area contributed by atoms with E-state index in [1.54, 1.807) is 0 Å². The number of aliphatic imine (C=N–C) groups is 1. The molecule has 0 aliphatic rings. The monoisotopic (exact) mass is 448 g/mol. The van der Waals surface area contributed by atoms with Crippen LogP contribution in [0.15, 0.2) is 50.8 Å². The van der Waals surface area contributed by atoms with Crippen molar-refractivity contribution in [2.24, 2.45) is 23.5 Å². The number of aromatic nitrogens is 1. The first-order valence-electron chi connectivity index (χ1n) is 8.27. The van der Waals surface area contributed by atoms with Crippen LogP contribution in [0.4, 0.5) is 0 Å². The van der Waals surface area contributed by atoms with Crippen LogP contribution in [0.3, 0.4) is 0 Å². The summed E-state index contributed by atoms with van der Waals surface area (Å²) in [5, 5.41) is 11.3. The van der Waals surface area contributed by atoms with Crippen molar-refractivity contribution in [3.8, 4) is 5.75 Å².